The van der Waals surface area contributed by atoms with Gasteiger partial charge >= 0.3 is 0 Å². The van der Waals surface area contributed by atoms with Gasteiger partial charge in [0.15, 0.2) is 5.78 Å². The maximum atomic E-state index is 10.1. The van der Waals surface area contributed by atoms with E-state index in [1.165, 1.54) is 0 Å². The largest absolute Gasteiger partial charge is 0.542 e. The second-order valence-electron chi connectivity index (χ2n) is 1.59. The van der Waals surface area contributed by atoms with Crippen LogP contribution in [-0.4, -0.2) is 17.5 Å². The molecular weight excluding hydrogens is 124 g/mol. The Labute approximate surface area is 51.5 Å². The average Bonchev–Trinajstić information content (AvgIpc) is 1.63. The molecule has 4 heteroatoms. The van der Waals surface area contributed by atoms with Crippen LogP contribution in [0.5, 0.6) is 0 Å². The fourth-order valence-corrected chi connectivity index (χ4v) is 0.298. The molecule has 50 valence electrons. The van der Waals surface area contributed by atoms with E-state index in [0.717, 1.165) is 6.92 Å². The molecule has 0 radical (unpaired) electrons. The van der Waals surface area contributed by atoms with E-state index >= 15 is 0 Å². The van der Waals surface area contributed by atoms with Crippen molar-refractivity contribution in [2.24, 2.45) is 0 Å². The Balaban J connectivity index is 3.79. The van der Waals surface area contributed by atoms with E-state index in [2.05, 4.69) is 0 Å². The standard InChI is InChI=1S/C5H6O4/c1-3(6)2-4(7)5(8)9/h2H2,1H3,(H,8,9)/p-1. The van der Waals surface area contributed by atoms with Crippen LogP contribution < -0.4 is 5.11 Å². The molecule has 0 saturated carbocycles. The lowest BCUT2D eigenvalue weighted by Gasteiger charge is -1.95. The van der Waals surface area contributed by atoms with Crippen molar-refractivity contribution in [1.29, 1.82) is 0 Å². The number of Topliss-reactive ketones (excluding diaryl/α,β-unsaturated/α-hetero) is 2. The van der Waals surface area contributed by atoms with Crippen molar-refractivity contribution >= 4 is 17.5 Å². The van der Waals surface area contributed by atoms with Crippen molar-refractivity contribution in [1.82, 2.24) is 0 Å². The lowest BCUT2D eigenvalue weighted by atomic mass is 10.2. The number of hydrogen-bond acceptors (Lipinski definition) is 4. The summed E-state index contributed by atoms with van der Waals surface area (Å²) in [6, 6.07) is 0. The molecule has 0 amide bonds. The van der Waals surface area contributed by atoms with Gasteiger partial charge in [-0.1, -0.05) is 0 Å². The zero-order valence-corrected chi connectivity index (χ0v) is 4.84. The number of carbonyl (C=O) groups is 3. The fraction of sp³-hybridized carbons (Fsp3) is 0.400. The number of aliphatic carboxylic acids is 1. The topological polar surface area (TPSA) is 74.3 Å². The quantitative estimate of drug-likeness (QED) is 0.335. The molecular formula is C5H5O4-. The van der Waals surface area contributed by atoms with Gasteiger partial charge in [-0.25, -0.2) is 0 Å². The maximum Gasteiger partial charge on any atom is 0.185 e. The molecule has 0 unspecified atom stereocenters. The summed E-state index contributed by atoms with van der Waals surface area (Å²) >= 11 is 0. The first-order valence-corrected chi connectivity index (χ1v) is 2.27. The first-order valence-electron chi connectivity index (χ1n) is 2.27. The van der Waals surface area contributed by atoms with Gasteiger partial charge < -0.3 is 9.90 Å². The molecule has 4 nitrogen and oxygen atoms in total. The van der Waals surface area contributed by atoms with E-state index in [1.54, 1.807) is 0 Å². The zero-order chi connectivity index (χ0) is 7.44. The fourth-order valence-electron chi connectivity index (χ4n) is 0.298. The lowest BCUT2D eigenvalue weighted by molar-refractivity contribution is -0.300. The van der Waals surface area contributed by atoms with Gasteiger partial charge in [0.1, 0.15) is 11.8 Å². The van der Waals surface area contributed by atoms with Gasteiger partial charge in [-0.2, -0.15) is 0 Å². The normalized spacial score (nSPS) is 8.56. The number of carboxylic acids is 1. The van der Waals surface area contributed by atoms with Crippen LogP contribution in [0.2, 0.25) is 0 Å². The number of carboxylic acid groups (broad SMARTS) is 1. The number of rotatable bonds is 3. The van der Waals surface area contributed by atoms with Crippen LogP contribution in [-0.2, 0) is 14.4 Å². The predicted octanol–water partition coefficient (Wildman–Crippen LogP) is -1.72. The van der Waals surface area contributed by atoms with Gasteiger partial charge in [0, 0.05) is 0 Å². The van der Waals surface area contributed by atoms with Crippen molar-refractivity contribution in [3.05, 3.63) is 0 Å². The third-order valence-electron chi connectivity index (χ3n) is 0.637. The number of ketones is 2. The van der Waals surface area contributed by atoms with E-state index < -0.39 is 24.0 Å². The highest BCUT2D eigenvalue weighted by Gasteiger charge is 2.04. The van der Waals surface area contributed by atoms with Crippen molar-refractivity contribution in [2.75, 3.05) is 0 Å². The van der Waals surface area contributed by atoms with Crippen LogP contribution in [0.3, 0.4) is 0 Å². The minimum absolute atomic E-state index is 0.468. The van der Waals surface area contributed by atoms with Crippen LogP contribution in [0.1, 0.15) is 13.3 Å². The summed E-state index contributed by atoms with van der Waals surface area (Å²) in [5.41, 5.74) is 0. The highest BCUT2D eigenvalue weighted by molar-refractivity contribution is 6.35. The summed E-state index contributed by atoms with van der Waals surface area (Å²) in [4.78, 5) is 29.7. The van der Waals surface area contributed by atoms with Crippen LogP contribution >= 0.6 is 0 Å². The molecule has 0 aromatic carbocycles. The molecule has 0 atom stereocenters. The van der Waals surface area contributed by atoms with Crippen molar-refractivity contribution in [3.63, 3.8) is 0 Å². The van der Waals surface area contributed by atoms with E-state index in [1.807, 2.05) is 0 Å². The molecule has 9 heavy (non-hydrogen) atoms. The molecule has 0 fully saturated rings. The van der Waals surface area contributed by atoms with Gasteiger partial charge in [-0.15, -0.1) is 0 Å². The smallest absolute Gasteiger partial charge is 0.185 e. The molecule has 0 aromatic rings. The Bertz CT molecular complexity index is 158. The van der Waals surface area contributed by atoms with Crippen molar-refractivity contribution in [2.45, 2.75) is 13.3 Å². The average molecular weight is 129 g/mol. The van der Waals surface area contributed by atoms with Gasteiger partial charge in [-0.05, 0) is 6.92 Å². The van der Waals surface area contributed by atoms with Crippen LogP contribution in [0.25, 0.3) is 0 Å². The summed E-state index contributed by atoms with van der Waals surface area (Å²) in [6.07, 6.45) is -0.567. The van der Waals surface area contributed by atoms with Crippen LogP contribution in [0.4, 0.5) is 0 Å². The summed E-state index contributed by atoms with van der Waals surface area (Å²) in [6.45, 7) is 1.14. The Hall–Kier alpha value is -1.19. The van der Waals surface area contributed by atoms with Crippen LogP contribution in [0, 0.1) is 0 Å². The first kappa shape index (κ1) is 7.81. The van der Waals surface area contributed by atoms with Gasteiger partial charge in [0.05, 0.1) is 6.42 Å². The summed E-state index contributed by atoms with van der Waals surface area (Å²) < 4.78 is 0. The first-order chi connectivity index (χ1) is 4.04. The summed E-state index contributed by atoms with van der Waals surface area (Å²) in [5.74, 6) is -3.43. The van der Waals surface area contributed by atoms with E-state index in [0.29, 0.717) is 0 Å². The minimum Gasteiger partial charge on any atom is -0.542 e. The third-order valence-corrected chi connectivity index (χ3v) is 0.637. The van der Waals surface area contributed by atoms with Crippen molar-refractivity contribution in [3.8, 4) is 0 Å². The van der Waals surface area contributed by atoms with Gasteiger partial charge in [-0.3, -0.25) is 9.59 Å². The second kappa shape index (κ2) is 2.96. The molecule has 0 heterocycles. The molecule has 0 aliphatic rings. The molecule has 0 aliphatic heterocycles. The Morgan fingerprint density at radius 1 is 1.33 bits per heavy atom. The van der Waals surface area contributed by atoms with E-state index in [4.69, 9.17) is 0 Å². The summed E-state index contributed by atoms with van der Waals surface area (Å²) in [7, 11) is 0. The van der Waals surface area contributed by atoms with Gasteiger partial charge in [0.25, 0.3) is 0 Å². The monoisotopic (exact) mass is 129 g/mol. The predicted molar refractivity (Wildman–Crippen MR) is 25.3 cm³/mol. The van der Waals surface area contributed by atoms with Crippen LogP contribution in [0.15, 0.2) is 0 Å². The maximum absolute atomic E-state index is 10.1. The number of carbonyl (C=O) groups excluding carboxylic acids is 3. The lowest BCUT2D eigenvalue weighted by Crippen LogP contribution is -2.32. The molecule has 0 N–H and O–H groups in total. The third kappa shape index (κ3) is 3.40. The molecule has 0 aliphatic carbocycles. The summed E-state index contributed by atoms with van der Waals surface area (Å²) in [5, 5.41) is 9.62. The van der Waals surface area contributed by atoms with E-state index in [-0.39, 0.29) is 0 Å². The molecule has 0 aromatic heterocycles. The highest BCUT2D eigenvalue weighted by Crippen LogP contribution is 1.81. The molecule has 0 bridgehead atoms. The molecule has 0 rings (SSSR count). The highest BCUT2D eigenvalue weighted by atomic mass is 16.4. The SMILES string of the molecule is CC(=O)CC(=O)C(=O)[O-]. The second-order valence-corrected chi connectivity index (χ2v) is 1.59. The van der Waals surface area contributed by atoms with Gasteiger partial charge in [0.2, 0.25) is 0 Å². The minimum atomic E-state index is -1.80. The zero-order valence-electron chi connectivity index (χ0n) is 4.84. The number of hydrogen-bond donors (Lipinski definition) is 0. The molecule has 0 spiro atoms. The Kier molecular flexibility index (Phi) is 2.57. The Morgan fingerprint density at radius 3 is 1.89 bits per heavy atom. The Morgan fingerprint density at radius 2 is 1.78 bits per heavy atom. The van der Waals surface area contributed by atoms with E-state index in [9.17, 15) is 19.5 Å². The van der Waals surface area contributed by atoms with Crippen molar-refractivity contribution < 1.29 is 19.5 Å². The molecule has 0 saturated heterocycles.